The molecule has 0 aromatic carbocycles. The molecule has 0 aliphatic carbocycles. The van der Waals surface area contributed by atoms with Crippen molar-refractivity contribution in [3.8, 4) is 0 Å². The number of methoxy groups -OCH3 is 1. The lowest BCUT2D eigenvalue weighted by molar-refractivity contribution is -0.143. The lowest BCUT2D eigenvalue weighted by Crippen LogP contribution is -2.17. The zero-order valence-electron chi connectivity index (χ0n) is 7.16. The molecule has 0 aromatic rings. The molecule has 0 bridgehead atoms. The third kappa shape index (κ3) is 2.46. The van der Waals surface area contributed by atoms with Crippen LogP contribution >= 0.6 is 0 Å². The number of carbonyl (C=O) groups is 1. The van der Waals surface area contributed by atoms with Gasteiger partial charge in [-0.15, -0.1) is 0 Å². The first kappa shape index (κ1) is 9.48. The Hall–Kier alpha value is -0.610. The second-order valence-electron chi connectivity index (χ2n) is 2.92. The smallest absolute Gasteiger partial charge is 0.308 e. The van der Waals surface area contributed by atoms with Crippen LogP contribution in [0.15, 0.2) is 0 Å². The Morgan fingerprint density at radius 3 is 2.75 bits per heavy atom. The first-order valence-corrected chi connectivity index (χ1v) is 4.09. The number of aliphatic hydroxyl groups is 1. The minimum Gasteiger partial charge on any atom is -0.469 e. The molecule has 12 heavy (non-hydrogen) atoms. The third-order valence-electron chi connectivity index (χ3n) is 2.02. The van der Waals surface area contributed by atoms with Gasteiger partial charge in [-0.3, -0.25) is 4.79 Å². The predicted octanol–water partition coefficient (Wildman–Crippen LogP) is 0.0894. The summed E-state index contributed by atoms with van der Waals surface area (Å²) in [6.45, 7) is 0.0394. The number of aliphatic hydroxyl groups excluding tert-OH is 1. The molecule has 0 amide bonds. The molecule has 0 spiro atoms. The summed E-state index contributed by atoms with van der Waals surface area (Å²) in [7, 11) is 1.36. The summed E-state index contributed by atoms with van der Waals surface area (Å²) in [6.07, 6.45) is 1.82. The second-order valence-corrected chi connectivity index (χ2v) is 2.92. The molecule has 4 nitrogen and oxygen atoms in total. The average molecular weight is 174 g/mol. The molecule has 4 heteroatoms. The fraction of sp³-hybridized carbons (Fsp3) is 0.875. The van der Waals surface area contributed by atoms with E-state index in [1.807, 2.05) is 0 Å². The molecule has 1 aliphatic heterocycles. The predicted molar refractivity (Wildman–Crippen MR) is 41.6 cm³/mol. The van der Waals surface area contributed by atoms with Crippen molar-refractivity contribution >= 4 is 5.97 Å². The Labute approximate surface area is 71.5 Å². The van der Waals surface area contributed by atoms with Gasteiger partial charge in [-0.2, -0.15) is 0 Å². The molecule has 0 unspecified atom stereocenters. The van der Waals surface area contributed by atoms with E-state index in [-0.39, 0.29) is 24.8 Å². The van der Waals surface area contributed by atoms with E-state index in [1.165, 1.54) is 7.11 Å². The maximum Gasteiger partial charge on any atom is 0.308 e. The van der Waals surface area contributed by atoms with E-state index < -0.39 is 0 Å². The minimum absolute atomic E-state index is 0.0394. The zero-order chi connectivity index (χ0) is 8.97. The van der Waals surface area contributed by atoms with E-state index in [1.54, 1.807) is 0 Å². The number of rotatable bonds is 3. The number of hydrogen-bond acceptors (Lipinski definition) is 4. The zero-order valence-corrected chi connectivity index (χ0v) is 7.16. The van der Waals surface area contributed by atoms with Gasteiger partial charge in [-0.25, -0.2) is 0 Å². The fourth-order valence-electron chi connectivity index (χ4n) is 1.33. The van der Waals surface area contributed by atoms with Crippen LogP contribution in [-0.4, -0.2) is 37.0 Å². The molecule has 1 rings (SSSR count). The molecule has 1 N–H and O–H groups in total. The summed E-state index contributed by atoms with van der Waals surface area (Å²) in [5.74, 6) is -0.251. The molecule has 0 saturated carbocycles. The van der Waals surface area contributed by atoms with Crippen molar-refractivity contribution in [3.05, 3.63) is 0 Å². The van der Waals surface area contributed by atoms with Crippen LogP contribution < -0.4 is 0 Å². The van der Waals surface area contributed by atoms with E-state index in [4.69, 9.17) is 9.84 Å². The molecule has 1 aliphatic rings. The van der Waals surface area contributed by atoms with Crippen LogP contribution in [0.3, 0.4) is 0 Å². The first-order valence-electron chi connectivity index (χ1n) is 4.09. The van der Waals surface area contributed by atoms with Gasteiger partial charge in [0, 0.05) is 0 Å². The summed E-state index contributed by atoms with van der Waals surface area (Å²) < 4.78 is 9.83. The normalized spacial score (nSPS) is 28.8. The van der Waals surface area contributed by atoms with Crippen molar-refractivity contribution in [1.29, 1.82) is 0 Å². The van der Waals surface area contributed by atoms with Gasteiger partial charge in [0.2, 0.25) is 0 Å². The largest absolute Gasteiger partial charge is 0.469 e. The monoisotopic (exact) mass is 174 g/mol. The van der Waals surface area contributed by atoms with E-state index in [9.17, 15) is 4.79 Å². The van der Waals surface area contributed by atoms with Gasteiger partial charge in [0.25, 0.3) is 0 Å². The second kappa shape index (κ2) is 4.42. The minimum atomic E-state index is -0.251. The summed E-state index contributed by atoms with van der Waals surface area (Å²) in [5.41, 5.74) is 0. The summed E-state index contributed by atoms with van der Waals surface area (Å²) in [4.78, 5) is 10.8. The van der Waals surface area contributed by atoms with Gasteiger partial charge >= 0.3 is 5.97 Å². The Bertz CT molecular complexity index is 157. The van der Waals surface area contributed by atoms with Crippen LogP contribution in [0.4, 0.5) is 0 Å². The molecule has 1 saturated heterocycles. The van der Waals surface area contributed by atoms with Gasteiger partial charge in [-0.05, 0) is 12.8 Å². The van der Waals surface area contributed by atoms with Crippen LogP contribution in [0, 0.1) is 0 Å². The lowest BCUT2D eigenvalue weighted by atomic mass is 10.1. The van der Waals surface area contributed by atoms with Crippen molar-refractivity contribution in [1.82, 2.24) is 0 Å². The Morgan fingerprint density at radius 1 is 1.58 bits per heavy atom. The van der Waals surface area contributed by atoms with Crippen molar-refractivity contribution in [3.63, 3.8) is 0 Å². The fourth-order valence-corrected chi connectivity index (χ4v) is 1.33. The molecule has 0 aromatic heterocycles. The first-order chi connectivity index (χ1) is 5.76. The summed E-state index contributed by atoms with van der Waals surface area (Å²) in [5, 5.41) is 8.73. The highest BCUT2D eigenvalue weighted by molar-refractivity contribution is 5.69. The standard InChI is InChI=1S/C8H14O4/c1-11-8(10)4-6-2-3-7(5-9)12-6/h6-7,9H,2-5H2,1H3/t6-,7-/m1/s1. The van der Waals surface area contributed by atoms with Crippen molar-refractivity contribution < 1.29 is 19.4 Å². The molecule has 1 fully saturated rings. The quantitative estimate of drug-likeness (QED) is 0.616. The molecule has 0 radical (unpaired) electrons. The van der Waals surface area contributed by atoms with Crippen LogP contribution in [0.25, 0.3) is 0 Å². The Morgan fingerprint density at radius 2 is 2.25 bits per heavy atom. The molecule has 70 valence electrons. The van der Waals surface area contributed by atoms with E-state index in [0.717, 1.165) is 12.8 Å². The average Bonchev–Trinajstić information content (AvgIpc) is 2.52. The van der Waals surface area contributed by atoms with Gasteiger partial charge in [-0.1, -0.05) is 0 Å². The molecule has 2 atom stereocenters. The van der Waals surface area contributed by atoms with Crippen LogP contribution in [-0.2, 0) is 14.3 Å². The molecular formula is C8H14O4. The number of carbonyl (C=O) groups excluding carboxylic acids is 1. The topological polar surface area (TPSA) is 55.8 Å². The number of ether oxygens (including phenoxy) is 2. The van der Waals surface area contributed by atoms with Crippen molar-refractivity contribution in [2.45, 2.75) is 31.5 Å². The highest BCUT2D eigenvalue weighted by atomic mass is 16.5. The number of hydrogen-bond donors (Lipinski definition) is 1. The maximum atomic E-state index is 10.8. The van der Waals surface area contributed by atoms with Crippen molar-refractivity contribution in [2.75, 3.05) is 13.7 Å². The van der Waals surface area contributed by atoms with Crippen LogP contribution in [0.2, 0.25) is 0 Å². The van der Waals surface area contributed by atoms with Gasteiger partial charge in [0.05, 0.1) is 32.3 Å². The van der Waals surface area contributed by atoms with E-state index in [2.05, 4.69) is 4.74 Å². The maximum absolute atomic E-state index is 10.8. The van der Waals surface area contributed by atoms with Gasteiger partial charge in [0.1, 0.15) is 0 Å². The summed E-state index contributed by atoms with van der Waals surface area (Å²) in [6, 6.07) is 0. The highest BCUT2D eigenvalue weighted by Gasteiger charge is 2.26. The summed E-state index contributed by atoms with van der Waals surface area (Å²) >= 11 is 0. The van der Waals surface area contributed by atoms with Gasteiger partial charge < -0.3 is 14.6 Å². The molecule has 1 heterocycles. The van der Waals surface area contributed by atoms with E-state index >= 15 is 0 Å². The Balaban J connectivity index is 2.23. The van der Waals surface area contributed by atoms with Gasteiger partial charge in [0.15, 0.2) is 0 Å². The SMILES string of the molecule is COC(=O)C[C@H]1CC[C@H](CO)O1. The van der Waals surface area contributed by atoms with Crippen LogP contribution in [0.5, 0.6) is 0 Å². The van der Waals surface area contributed by atoms with E-state index in [0.29, 0.717) is 6.42 Å². The highest BCUT2D eigenvalue weighted by Crippen LogP contribution is 2.21. The Kier molecular flexibility index (Phi) is 3.49. The lowest BCUT2D eigenvalue weighted by Gasteiger charge is -2.09. The van der Waals surface area contributed by atoms with Crippen LogP contribution in [0.1, 0.15) is 19.3 Å². The number of esters is 1. The third-order valence-corrected chi connectivity index (χ3v) is 2.02. The van der Waals surface area contributed by atoms with Crippen molar-refractivity contribution in [2.24, 2.45) is 0 Å². The molecular weight excluding hydrogens is 160 g/mol.